The van der Waals surface area contributed by atoms with Gasteiger partial charge in [-0.2, -0.15) is 4.99 Å². The van der Waals surface area contributed by atoms with Gasteiger partial charge in [-0.25, -0.2) is 9.59 Å². The second-order valence-corrected chi connectivity index (χ2v) is 3.52. The van der Waals surface area contributed by atoms with Crippen molar-refractivity contribution in [2.75, 3.05) is 0 Å². The first kappa shape index (κ1) is 10.9. The van der Waals surface area contributed by atoms with Crippen LogP contribution in [0.3, 0.4) is 0 Å². The monoisotopic (exact) mass is 275 g/mol. The van der Waals surface area contributed by atoms with Gasteiger partial charge in [0.15, 0.2) is 0 Å². The predicted octanol–water partition coefficient (Wildman–Crippen LogP) is 2.77. The van der Waals surface area contributed by atoms with Gasteiger partial charge in [-0.05, 0) is 28.1 Å². The summed E-state index contributed by atoms with van der Waals surface area (Å²) in [4.78, 5) is 24.1. The lowest BCUT2D eigenvalue weighted by atomic mass is 10.2. The normalized spacial score (nSPS) is 9.29. The van der Waals surface area contributed by atoms with Crippen molar-refractivity contribution in [1.29, 1.82) is 0 Å². The Morgan fingerprint density at radius 3 is 2.71 bits per heavy atom. The third-order valence-corrected chi connectivity index (χ3v) is 2.40. The number of carbonyl (C=O) groups is 1. The Balaban J connectivity index is 3.57. The van der Waals surface area contributed by atoms with Crippen LogP contribution in [-0.2, 0) is 4.79 Å². The van der Waals surface area contributed by atoms with Crippen LogP contribution in [0.2, 0.25) is 5.02 Å². The Labute approximate surface area is 92.3 Å². The minimum absolute atomic E-state index is 0.0229. The number of rotatable bonds is 2. The second kappa shape index (κ2) is 4.37. The molecule has 0 amide bonds. The van der Waals surface area contributed by atoms with Crippen molar-refractivity contribution in [1.82, 2.24) is 0 Å². The molecule has 1 aromatic carbocycles. The number of halogens is 2. The number of hydrogen-bond acceptors (Lipinski definition) is 3. The average molecular weight is 276 g/mol. The van der Waals surface area contributed by atoms with Crippen molar-refractivity contribution in [2.24, 2.45) is 4.99 Å². The molecule has 1 aromatic rings. The van der Waals surface area contributed by atoms with Crippen molar-refractivity contribution < 1.29 is 14.7 Å². The highest BCUT2D eigenvalue weighted by molar-refractivity contribution is 9.10. The maximum absolute atomic E-state index is 10.8. The zero-order chi connectivity index (χ0) is 10.7. The SMILES string of the molecule is O=C=Nc1c(Br)ccc(Cl)c1C(=O)O. The molecule has 0 bridgehead atoms. The van der Waals surface area contributed by atoms with Crippen LogP contribution in [0.5, 0.6) is 0 Å². The Bertz CT molecular complexity index is 413. The predicted molar refractivity (Wildman–Crippen MR) is 53.9 cm³/mol. The molecular formula is C8H3BrClNO3. The largest absolute Gasteiger partial charge is 0.478 e. The number of carboxylic acid groups (broad SMARTS) is 1. The van der Waals surface area contributed by atoms with E-state index in [1.807, 2.05) is 0 Å². The lowest BCUT2D eigenvalue weighted by molar-refractivity contribution is 0.0698. The van der Waals surface area contributed by atoms with Crippen molar-refractivity contribution in [2.45, 2.75) is 0 Å². The minimum atomic E-state index is -1.25. The number of nitrogens with zero attached hydrogens (tertiary/aromatic N) is 1. The molecule has 0 radical (unpaired) electrons. The Hall–Kier alpha value is -1.16. The van der Waals surface area contributed by atoms with E-state index in [9.17, 15) is 9.59 Å². The fourth-order valence-electron chi connectivity index (χ4n) is 0.900. The topological polar surface area (TPSA) is 66.7 Å². The van der Waals surface area contributed by atoms with Crippen LogP contribution < -0.4 is 0 Å². The number of hydrogen-bond donors (Lipinski definition) is 1. The molecule has 0 saturated heterocycles. The third-order valence-electron chi connectivity index (χ3n) is 1.45. The first-order valence-electron chi connectivity index (χ1n) is 3.37. The van der Waals surface area contributed by atoms with Gasteiger partial charge in [-0.15, -0.1) is 0 Å². The van der Waals surface area contributed by atoms with E-state index in [-0.39, 0.29) is 16.3 Å². The van der Waals surface area contributed by atoms with Crippen LogP contribution in [0.25, 0.3) is 0 Å². The molecule has 6 heteroatoms. The maximum Gasteiger partial charge on any atom is 0.339 e. The van der Waals surface area contributed by atoms with E-state index in [1.54, 1.807) is 0 Å². The highest BCUT2D eigenvalue weighted by atomic mass is 79.9. The summed E-state index contributed by atoms with van der Waals surface area (Å²) in [5, 5.41) is 8.83. The van der Waals surface area contributed by atoms with E-state index in [0.717, 1.165) is 0 Å². The molecule has 0 aliphatic heterocycles. The summed E-state index contributed by atoms with van der Waals surface area (Å²) < 4.78 is 0.377. The molecule has 0 saturated carbocycles. The third kappa shape index (κ3) is 2.01. The molecular weight excluding hydrogens is 273 g/mol. The fourth-order valence-corrected chi connectivity index (χ4v) is 1.55. The van der Waals surface area contributed by atoms with E-state index in [1.165, 1.54) is 18.2 Å². The Morgan fingerprint density at radius 1 is 1.57 bits per heavy atom. The van der Waals surface area contributed by atoms with Crippen molar-refractivity contribution in [3.05, 3.63) is 27.2 Å². The lowest BCUT2D eigenvalue weighted by Gasteiger charge is -2.03. The molecule has 1 rings (SSSR count). The second-order valence-electron chi connectivity index (χ2n) is 2.26. The molecule has 0 aliphatic carbocycles. The van der Waals surface area contributed by atoms with E-state index in [2.05, 4.69) is 20.9 Å². The Morgan fingerprint density at radius 2 is 2.21 bits per heavy atom. The van der Waals surface area contributed by atoms with E-state index in [0.29, 0.717) is 4.47 Å². The highest BCUT2D eigenvalue weighted by Crippen LogP contribution is 2.33. The molecule has 0 fully saturated rings. The molecule has 0 aromatic heterocycles. The van der Waals surface area contributed by atoms with Crippen LogP contribution in [0, 0.1) is 0 Å². The fraction of sp³-hybridized carbons (Fsp3) is 0. The molecule has 72 valence electrons. The van der Waals surface area contributed by atoms with Gasteiger partial charge in [0.25, 0.3) is 0 Å². The van der Waals surface area contributed by atoms with Gasteiger partial charge in [0.2, 0.25) is 6.08 Å². The number of aromatic carboxylic acids is 1. The van der Waals surface area contributed by atoms with Crippen molar-refractivity contribution in [3.63, 3.8) is 0 Å². The molecule has 0 heterocycles. The molecule has 0 aliphatic rings. The van der Waals surface area contributed by atoms with E-state index in [4.69, 9.17) is 16.7 Å². The van der Waals surface area contributed by atoms with Crippen LogP contribution in [0.1, 0.15) is 10.4 Å². The van der Waals surface area contributed by atoms with Gasteiger partial charge < -0.3 is 5.11 Å². The summed E-state index contributed by atoms with van der Waals surface area (Å²) in [7, 11) is 0. The zero-order valence-corrected chi connectivity index (χ0v) is 8.96. The summed E-state index contributed by atoms with van der Waals surface area (Å²) in [6, 6.07) is 2.91. The van der Waals surface area contributed by atoms with Gasteiger partial charge in [0, 0.05) is 4.47 Å². The summed E-state index contributed by atoms with van der Waals surface area (Å²) in [5.74, 6) is -1.25. The zero-order valence-electron chi connectivity index (χ0n) is 6.62. The van der Waals surface area contributed by atoms with Gasteiger partial charge in [0.05, 0.1) is 5.02 Å². The van der Waals surface area contributed by atoms with Crippen LogP contribution in [-0.4, -0.2) is 17.2 Å². The van der Waals surface area contributed by atoms with Gasteiger partial charge >= 0.3 is 5.97 Å². The smallest absolute Gasteiger partial charge is 0.339 e. The summed E-state index contributed by atoms with van der Waals surface area (Å²) in [5.41, 5.74) is -0.246. The lowest BCUT2D eigenvalue weighted by Crippen LogP contribution is -1.98. The number of carboxylic acids is 1. The quantitative estimate of drug-likeness (QED) is 0.667. The van der Waals surface area contributed by atoms with Gasteiger partial charge in [0.1, 0.15) is 11.3 Å². The first-order chi connectivity index (χ1) is 6.57. The number of carbonyl (C=O) groups excluding carboxylic acids is 1. The average Bonchev–Trinajstić information content (AvgIpc) is 2.11. The number of aliphatic imine (C=N–C) groups is 1. The van der Waals surface area contributed by atoms with Crippen LogP contribution in [0.4, 0.5) is 5.69 Å². The number of isocyanates is 1. The minimum Gasteiger partial charge on any atom is -0.478 e. The van der Waals surface area contributed by atoms with E-state index < -0.39 is 5.97 Å². The van der Waals surface area contributed by atoms with E-state index >= 15 is 0 Å². The molecule has 14 heavy (non-hydrogen) atoms. The van der Waals surface area contributed by atoms with Crippen molar-refractivity contribution in [3.8, 4) is 0 Å². The highest BCUT2D eigenvalue weighted by Gasteiger charge is 2.16. The molecule has 0 spiro atoms. The van der Waals surface area contributed by atoms with Crippen LogP contribution in [0.15, 0.2) is 21.6 Å². The Kier molecular flexibility index (Phi) is 3.41. The summed E-state index contributed by atoms with van der Waals surface area (Å²) >= 11 is 8.70. The molecule has 0 atom stereocenters. The van der Waals surface area contributed by atoms with Gasteiger partial charge in [-0.1, -0.05) is 11.6 Å². The summed E-state index contributed by atoms with van der Waals surface area (Å²) in [6.45, 7) is 0. The van der Waals surface area contributed by atoms with Gasteiger partial charge in [-0.3, -0.25) is 0 Å². The standard InChI is InChI=1S/C8H3BrClNO3/c9-4-1-2-5(10)6(8(13)14)7(4)11-3-12/h1-2H,(H,13,14). The maximum atomic E-state index is 10.8. The summed E-state index contributed by atoms with van der Waals surface area (Å²) in [6.07, 6.45) is 1.27. The van der Waals surface area contributed by atoms with Crippen LogP contribution >= 0.6 is 27.5 Å². The molecule has 4 nitrogen and oxygen atoms in total. The molecule has 0 unspecified atom stereocenters. The first-order valence-corrected chi connectivity index (χ1v) is 4.54. The molecule has 1 N–H and O–H groups in total. The number of benzene rings is 1. The van der Waals surface area contributed by atoms with Crippen molar-refractivity contribution >= 4 is 45.3 Å².